The molecule has 7 heteroatoms. The van der Waals surface area contributed by atoms with Gasteiger partial charge in [0.1, 0.15) is 11.9 Å². The molecule has 1 aromatic carbocycles. The standard InChI is InChI=1S/C18H19FN2O4/c19-15-9-20-7-5-14(15)18(23)21-16-6-8-24-11-17(16)25-13-3-1-12(10-22)2-4-13/h1-5,7,9,16-17,22H,6,8,10-11H2,(H,21,23)/t16-,17-/m1/s1. The van der Waals surface area contributed by atoms with Crippen molar-refractivity contribution in [1.29, 1.82) is 0 Å². The fraction of sp³-hybridized carbons (Fsp3) is 0.333. The van der Waals surface area contributed by atoms with E-state index in [1.165, 1.54) is 12.3 Å². The van der Waals surface area contributed by atoms with Crippen LogP contribution in [-0.4, -0.2) is 41.4 Å². The average Bonchev–Trinajstić information content (AvgIpc) is 2.64. The van der Waals surface area contributed by atoms with Crippen molar-refractivity contribution in [3.05, 3.63) is 59.7 Å². The van der Waals surface area contributed by atoms with Crippen molar-refractivity contribution in [2.24, 2.45) is 0 Å². The summed E-state index contributed by atoms with van der Waals surface area (Å²) >= 11 is 0. The summed E-state index contributed by atoms with van der Waals surface area (Å²) in [5, 5.41) is 11.9. The Balaban J connectivity index is 1.68. The summed E-state index contributed by atoms with van der Waals surface area (Å²) in [6.45, 7) is 0.779. The Morgan fingerprint density at radius 2 is 2.16 bits per heavy atom. The summed E-state index contributed by atoms with van der Waals surface area (Å²) in [5.41, 5.74) is 0.734. The molecule has 6 nitrogen and oxygen atoms in total. The van der Waals surface area contributed by atoms with E-state index in [4.69, 9.17) is 14.6 Å². The van der Waals surface area contributed by atoms with Crippen molar-refractivity contribution >= 4 is 5.91 Å². The van der Waals surface area contributed by atoms with Crippen LogP contribution in [-0.2, 0) is 11.3 Å². The highest BCUT2D eigenvalue weighted by Crippen LogP contribution is 2.19. The SMILES string of the molecule is O=C(N[C@@H]1CCOC[C@H]1Oc1ccc(CO)cc1)c1ccncc1F. The molecule has 0 bridgehead atoms. The van der Waals surface area contributed by atoms with E-state index in [-0.39, 0.29) is 24.3 Å². The van der Waals surface area contributed by atoms with E-state index in [1.807, 2.05) is 0 Å². The molecule has 1 saturated heterocycles. The molecule has 2 heterocycles. The number of carbonyl (C=O) groups is 1. The molecule has 0 spiro atoms. The minimum atomic E-state index is -0.663. The number of pyridine rings is 1. The number of ether oxygens (including phenoxy) is 2. The Labute approximate surface area is 144 Å². The molecule has 2 aromatic rings. The Hall–Kier alpha value is -2.51. The number of nitrogens with one attached hydrogen (secondary N) is 1. The number of hydrogen-bond donors (Lipinski definition) is 2. The maximum atomic E-state index is 13.7. The fourth-order valence-electron chi connectivity index (χ4n) is 2.65. The molecule has 1 fully saturated rings. The van der Waals surface area contributed by atoms with Crippen LogP contribution in [0.15, 0.2) is 42.7 Å². The number of amides is 1. The van der Waals surface area contributed by atoms with Gasteiger partial charge in [-0.05, 0) is 30.2 Å². The zero-order chi connectivity index (χ0) is 17.6. The molecule has 0 saturated carbocycles. The molecule has 1 aliphatic heterocycles. The predicted molar refractivity (Wildman–Crippen MR) is 87.7 cm³/mol. The smallest absolute Gasteiger partial charge is 0.254 e. The number of aliphatic hydroxyl groups excluding tert-OH is 1. The van der Waals surface area contributed by atoms with E-state index in [2.05, 4.69) is 10.3 Å². The van der Waals surface area contributed by atoms with Crippen LogP contribution in [0.3, 0.4) is 0 Å². The van der Waals surface area contributed by atoms with Crippen molar-refractivity contribution < 1.29 is 23.8 Å². The van der Waals surface area contributed by atoms with Crippen LogP contribution >= 0.6 is 0 Å². The molecule has 1 aromatic heterocycles. The molecule has 1 aliphatic rings. The van der Waals surface area contributed by atoms with Gasteiger partial charge < -0.3 is 19.9 Å². The number of carbonyl (C=O) groups excluding carboxylic acids is 1. The van der Waals surface area contributed by atoms with Crippen LogP contribution in [0, 0.1) is 5.82 Å². The second-order valence-electron chi connectivity index (χ2n) is 5.76. The summed E-state index contributed by atoms with van der Waals surface area (Å²) in [5.74, 6) is -0.554. The first-order valence-electron chi connectivity index (χ1n) is 8.02. The van der Waals surface area contributed by atoms with Crippen LogP contribution in [0.1, 0.15) is 22.3 Å². The maximum Gasteiger partial charge on any atom is 0.254 e. The predicted octanol–water partition coefficient (Wildman–Crippen LogP) is 1.68. The van der Waals surface area contributed by atoms with Gasteiger partial charge in [-0.25, -0.2) is 4.39 Å². The number of benzene rings is 1. The lowest BCUT2D eigenvalue weighted by Crippen LogP contribution is -2.51. The third-order valence-electron chi connectivity index (χ3n) is 4.03. The first-order chi connectivity index (χ1) is 12.2. The highest BCUT2D eigenvalue weighted by molar-refractivity contribution is 5.94. The Morgan fingerprint density at radius 3 is 2.88 bits per heavy atom. The number of nitrogens with zero attached hydrogens (tertiary/aromatic N) is 1. The second kappa shape index (κ2) is 8.04. The van der Waals surface area contributed by atoms with Gasteiger partial charge >= 0.3 is 0 Å². The van der Waals surface area contributed by atoms with E-state index in [1.54, 1.807) is 24.3 Å². The zero-order valence-electron chi connectivity index (χ0n) is 13.5. The second-order valence-corrected chi connectivity index (χ2v) is 5.76. The molecule has 2 atom stereocenters. The number of aromatic nitrogens is 1. The highest BCUT2D eigenvalue weighted by atomic mass is 19.1. The number of rotatable bonds is 5. The molecule has 132 valence electrons. The number of aliphatic hydroxyl groups is 1. The van der Waals surface area contributed by atoms with Crippen LogP contribution in [0.4, 0.5) is 4.39 Å². The Morgan fingerprint density at radius 1 is 1.36 bits per heavy atom. The van der Waals surface area contributed by atoms with E-state index >= 15 is 0 Å². The molecule has 1 amide bonds. The van der Waals surface area contributed by atoms with Gasteiger partial charge in [-0.2, -0.15) is 0 Å². The molecular formula is C18H19FN2O4. The van der Waals surface area contributed by atoms with E-state index < -0.39 is 11.7 Å². The topological polar surface area (TPSA) is 80.7 Å². The minimum absolute atomic E-state index is 0.0387. The van der Waals surface area contributed by atoms with Crippen molar-refractivity contribution in [2.75, 3.05) is 13.2 Å². The van der Waals surface area contributed by atoms with Gasteiger partial charge in [0.25, 0.3) is 5.91 Å². The zero-order valence-corrected chi connectivity index (χ0v) is 13.5. The summed E-state index contributed by atoms with van der Waals surface area (Å²) < 4.78 is 25.1. The largest absolute Gasteiger partial charge is 0.486 e. The van der Waals surface area contributed by atoms with Crippen LogP contribution in [0.2, 0.25) is 0 Å². The lowest BCUT2D eigenvalue weighted by molar-refractivity contribution is -0.0135. The van der Waals surface area contributed by atoms with Gasteiger partial charge in [-0.1, -0.05) is 12.1 Å². The van der Waals surface area contributed by atoms with Gasteiger partial charge in [0.15, 0.2) is 5.82 Å². The van der Waals surface area contributed by atoms with Gasteiger partial charge in [0, 0.05) is 12.8 Å². The quantitative estimate of drug-likeness (QED) is 0.861. The first kappa shape index (κ1) is 17.3. The van der Waals surface area contributed by atoms with Gasteiger partial charge in [-0.3, -0.25) is 9.78 Å². The lowest BCUT2D eigenvalue weighted by atomic mass is 10.1. The number of halogens is 1. The van der Waals surface area contributed by atoms with E-state index in [0.29, 0.717) is 25.4 Å². The first-order valence-corrected chi connectivity index (χ1v) is 8.02. The Kier molecular flexibility index (Phi) is 5.57. The van der Waals surface area contributed by atoms with Crippen LogP contribution in [0.5, 0.6) is 5.75 Å². The summed E-state index contributed by atoms with van der Waals surface area (Å²) in [4.78, 5) is 16.0. The normalized spacial score (nSPS) is 20.1. The van der Waals surface area contributed by atoms with Crippen molar-refractivity contribution in [1.82, 2.24) is 10.3 Å². The Bertz CT molecular complexity index is 723. The molecule has 25 heavy (non-hydrogen) atoms. The summed E-state index contributed by atoms with van der Waals surface area (Å²) in [6.07, 6.45) is 2.56. The van der Waals surface area contributed by atoms with Gasteiger partial charge in [0.2, 0.25) is 0 Å². The monoisotopic (exact) mass is 346 g/mol. The molecular weight excluding hydrogens is 327 g/mol. The minimum Gasteiger partial charge on any atom is -0.486 e. The fourth-order valence-corrected chi connectivity index (χ4v) is 2.65. The van der Waals surface area contributed by atoms with Crippen LogP contribution in [0.25, 0.3) is 0 Å². The third-order valence-corrected chi connectivity index (χ3v) is 4.03. The summed E-state index contributed by atoms with van der Waals surface area (Å²) in [7, 11) is 0. The van der Waals surface area contributed by atoms with Gasteiger partial charge in [-0.15, -0.1) is 0 Å². The lowest BCUT2D eigenvalue weighted by Gasteiger charge is -2.32. The molecule has 0 unspecified atom stereocenters. The molecule has 0 aliphatic carbocycles. The van der Waals surface area contributed by atoms with Crippen molar-refractivity contribution in [3.8, 4) is 5.75 Å². The average molecular weight is 346 g/mol. The third kappa shape index (κ3) is 4.32. The van der Waals surface area contributed by atoms with Gasteiger partial charge in [0.05, 0.1) is 31.0 Å². The van der Waals surface area contributed by atoms with E-state index in [0.717, 1.165) is 11.8 Å². The van der Waals surface area contributed by atoms with Crippen molar-refractivity contribution in [3.63, 3.8) is 0 Å². The molecule has 2 N–H and O–H groups in total. The maximum absolute atomic E-state index is 13.7. The highest BCUT2D eigenvalue weighted by Gasteiger charge is 2.29. The molecule has 0 radical (unpaired) electrons. The van der Waals surface area contributed by atoms with E-state index in [9.17, 15) is 9.18 Å². The number of hydrogen-bond acceptors (Lipinski definition) is 5. The molecule has 3 rings (SSSR count). The van der Waals surface area contributed by atoms with Crippen molar-refractivity contribution in [2.45, 2.75) is 25.2 Å². The van der Waals surface area contributed by atoms with Crippen LogP contribution < -0.4 is 10.1 Å². The summed E-state index contributed by atoms with van der Waals surface area (Å²) in [6, 6.07) is 8.07.